The molecule has 3 heterocycles. The van der Waals surface area contributed by atoms with Crippen molar-refractivity contribution in [3.63, 3.8) is 0 Å². The van der Waals surface area contributed by atoms with E-state index >= 15 is 0 Å². The topological polar surface area (TPSA) is 56.1 Å². The van der Waals surface area contributed by atoms with Crippen LogP contribution in [0.15, 0.2) is 30.5 Å². The molecule has 1 aliphatic rings. The number of fused-ring (bicyclic) bond motifs is 1. The van der Waals surface area contributed by atoms with Gasteiger partial charge in [0.1, 0.15) is 5.69 Å². The van der Waals surface area contributed by atoms with Gasteiger partial charge in [-0.25, -0.2) is 15.0 Å². The fourth-order valence-electron chi connectivity index (χ4n) is 3.01. The Morgan fingerprint density at radius 2 is 1.96 bits per heavy atom. The summed E-state index contributed by atoms with van der Waals surface area (Å²) in [7, 11) is 0. The number of benzene rings is 1. The van der Waals surface area contributed by atoms with E-state index in [-0.39, 0.29) is 0 Å². The highest BCUT2D eigenvalue weighted by molar-refractivity contribution is 6.32. The van der Waals surface area contributed by atoms with Crippen molar-refractivity contribution >= 4 is 28.6 Å². The maximum atomic E-state index is 6.40. The van der Waals surface area contributed by atoms with E-state index in [2.05, 4.69) is 27.4 Å². The number of para-hydroxylation sites is 2. The van der Waals surface area contributed by atoms with Crippen molar-refractivity contribution in [2.45, 2.75) is 13.5 Å². The summed E-state index contributed by atoms with van der Waals surface area (Å²) in [5, 5.41) is 0.511. The molecule has 1 fully saturated rings. The minimum absolute atomic E-state index is 0.511. The molecule has 0 N–H and O–H groups in total. The third kappa shape index (κ3) is 2.61. The molecule has 0 saturated carbocycles. The molecule has 1 saturated heterocycles. The normalized spacial score (nSPS) is 15.2. The lowest BCUT2D eigenvalue weighted by Crippen LogP contribution is -2.37. The Labute approximate surface area is 145 Å². The summed E-state index contributed by atoms with van der Waals surface area (Å²) in [5.74, 6) is 1.45. The zero-order valence-corrected chi connectivity index (χ0v) is 14.2. The number of ether oxygens (including phenoxy) is 1. The zero-order chi connectivity index (χ0) is 16.5. The van der Waals surface area contributed by atoms with Crippen LogP contribution in [0.1, 0.15) is 6.92 Å². The number of aromatic nitrogens is 4. The summed E-state index contributed by atoms with van der Waals surface area (Å²) < 4.78 is 7.53. The van der Waals surface area contributed by atoms with Crippen LogP contribution in [0.5, 0.6) is 0 Å². The van der Waals surface area contributed by atoms with Gasteiger partial charge in [-0.3, -0.25) is 0 Å². The molecule has 0 unspecified atom stereocenters. The number of aryl methyl sites for hydroxylation is 1. The standard InChI is InChI=1S/C17H18ClN5O/c1-2-23-14-6-4-3-5-13(14)20-16(23)15-12(18)11-19-17(21-15)22-7-9-24-10-8-22/h3-6,11H,2,7-10H2,1H3. The smallest absolute Gasteiger partial charge is 0.226 e. The third-order valence-electron chi connectivity index (χ3n) is 4.21. The Balaban J connectivity index is 1.84. The highest BCUT2D eigenvalue weighted by Crippen LogP contribution is 2.29. The molecular weight excluding hydrogens is 326 g/mol. The van der Waals surface area contributed by atoms with Crippen molar-refractivity contribution < 1.29 is 4.74 Å². The number of imidazole rings is 1. The van der Waals surface area contributed by atoms with Crippen molar-refractivity contribution in [2.24, 2.45) is 0 Å². The first-order chi connectivity index (χ1) is 11.8. The molecule has 4 rings (SSSR count). The SMILES string of the molecule is CCn1c(-c2nc(N3CCOCC3)ncc2Cl)nc2ccccc21. The van der Waals surface area contributed by atoms with Crippen LogP contribution in [0.4, 0.5) is 5.95 Å². The minimum Gasteiger partial charge on any atom is -0.378 e. The van der Waals surface area contributed by atoms with E-state index in [4.69, 9.17) is 26.3 Å². The first-order valence-electron chi connectivity index (χ1n) is 8.09. The van der Waals surface area contributed by atoms with E-state index < -0.39 is 0 Å². The number of anilines is 1. The van der Waals surface area contributed by atoms with Gasteiger partial charge in [0.2, 0.25) is 5.95 Å². The van der Waals surface area contributed by atoms with E-state index in [9.17, 15) is 0 Å². The zero-order valence-electron chi connectivity index (χ0n) is 13.4. The van der Waals surface area contributed by atoms with Gasteiger partial charge in [-0.2, -0.15) is 0 Å². The number of morpholine rings is 1. The lowest BCUT2D eigenvalue weighted by molar-refractivity contribution is 0.122. The minimum atomic E-state index is 0.511. The molecule has 24 heavy (non-hydrogen) atoms. The van der Waals surface area contributed by atoms with E-state index in [1.165, 1.54) is 0 Å². The molecule has 0 spiro atoms. The Morgan fingerprint density at radius 3 is 2.75 bits per heavy atom. The van der Waals surface area contributed by atoms with E-state index in [1.807, 2.05) is 18.2 Å². The van der Waals surface area contributed by atoms with Crippen molar-refractivity contribution in [2.75, 3.05) is 31.2 Å². The molecule has 1 aromatic carbocycles. The van der Waals surface area contributed by atoms with Crippen molar-refractivity contribution in [1.29, 1.82) is 0 Å². The summed E-state index contributed by atoms with van der Waals surface area (Å²) in [4.78, 5) is 16.0. The molecule has 7 heteroatoms. The van der Waals surface area contributed by atoms with E-state index in [1.54, 1.807) is 6.20 Å². The molecule has 2 aromatic heterocycles. The summed E-state index contributed by atoms with van der Waals surface area (Å²) in [6.07, 6.45) is 1.66. The van der Waals surface area contributed by atoms with Crippen LogP contribution in [-0.4, -0.2) is 45.8 Å². The summed E-state index contributed by atoms with van der Waals surface area (Å²) in [5.41, 5.74) is 2.70. The summed E-state index contributed by atoms with van der Waals surface area (Å²) >= 11 is 6.40. The molecule has 124 valence electrons. The number of nitrogens with zero attached hydrogens (tertiary/aromatic N) is 5. The highest BCUT2D eigenvalue weighted by atomic mass is 35.5. The van der Waals surface area contributed by atoms with Gasteiger partial charge in [0.15, 0.2) is 5.82 Å². The lowest BCUT2D eigenvalue weighted by Gasteiger charge is -2.27. The number of halogens is 1. The average molecular weight is 344 g/mol. The Morgan fingerprint density at radius 1 is 1.17 bits per heavy atom. The highest BCUT2D eigenvalue weighted by Gasteiger charge is 2.20. The molecule has 0 radical (unpaired) electrons. The number of hydrogen-bond donors (Lipinski definition) is 0. The monoisotopic (exact) mass is 343 g/mol. The lowest BCUT2D eigenvalue weighted by atomic mass is 10.3. The summed E-state index contributed by atoms with van der Waals surface area (Å²) in [6.45, 7) is 5.83. The molecule has 0 amide bonds. The van der Waals surface area contributed by atoms with Gasteiger partial charge in [-0.05, 0) is 19.1 Å². The van der Waals surface area contributed by atoms with Gasteiger partial charge in [0.05, 0.1) is 35.5 Å². The number of hydrogen-bond acceptors (Lipinski definition) is 5. The van der Waals surface area contributed by atoms with Crippen LogP contribution in [0, 0.1) is 0 Å². The first-order valence-corrected chi connectivity index (χ1v) is 8.46. The fourth-order valence-corrected chi connectivity index (χ4v) is 3.18. The van der Waals surface area contributed by atoms with Gasteiger partial charge >= 0.3 is 0 Å². The maximum Gasteiger partial charge on any atom is 0.226 e. The van der Waals surface area contributed by atoms with Crippen LogP contribution < -0.4 is 4.90 Å². The Kier molecular flexibility index (Phi) is 4.08. The predicted octanol–water partition coefficient (Wildman–Crippen LogP) is 3.00. The molecule has 0 bridgehead atoms. The van der Waals surface area contributed by atoms with Crippen LogP contribution in [0.25, 0.3) is 22.6 Å². The van der Waals surface area contributed by atoms with Gasteiger partial charge in [-0.15, -0.1) is 0 Å². The predicted molar refractivity (Wildman–Crippen MR) is 94.5 cm³/mol. The quantitative estimate of drug-likeness (QED) is 0.731. The van der Waals surface area contributed by atoms with Gasteiger partial charge in [-0.1, -0.05) is 23.7 Å². The van der Waals surface area contributed by atoms with Crippen LogP contribution >= 0.6 is 11.6 Å². The van der Waals surface area contributed by atoms with Gasteiger partial charge < -0.3 is 14.2 Å². The molecule has 3 aromatic rings. The van der Waals surface area contributed by atoms with Crippen LogP contribution in [0.2, 0.25) is 5.02 Å². The second-order valence-corrected chi connectivity index (χ2v) is 6.04. The van der Waals surface area contributed by atoms with Crippen molar-refractivity contribution in [3.8, 4) is 11.5 Å². The van der Waals surface area contributed by atoms with Crippen molar-refractivity contribution in [3.05, 3.63) is 35.5 Å². The maximum absolute atomic E-state index is 6.40. The molecule has 6 nitrogen and oxygen atoms in total. The molecule has 0 aliphatic carbocycles. The van der Waals surface area contributed by atoms with E-state index in [0.717, 1.165) is 36.5 Å². The first kappa shape index (κ1) is 15.4. The summed E-state index contributed by atoms with van der Waals surface area (Å²) in [6, 6.07) is 8.07. The molecular formula is C17H18ClN5O. The Bertz CT molecular complexity index is 873. The largest absolute Gasteiger partial charge is 0.378 e. The molecule has 0 atom stereocenters. The molecule has 1 aliphatic heterocycles. The second kappa shape index (κ2) is 6.37. The second-order valence-electron chi connectivity index (χ2n) is 5.63. The van der Waals surface area contributed by atoms with Crippen LogP contribution in [0.3, 0.4) is 0 Å². The fraction of sp³-hybridized carbons (Fsp3) is 0.353. The third-order valence-corrected chi connectivity index (χ3v) is 4.48. The number of rotatable bonds is 3. The van der Waals surface area contributed by atoms with Gasteiger partial charge in [0.25, 0.3) is 0 Å². The van der Waals surface area contributed by atoms with Crippen LogP contribution in [-0.2, 0) is 11.3 Å². The average Bonchev–Trinajstić information content (AvgIpc) is 3.01. The Hall–Kier alpha value is -2.18. The van der Waals surface area contributed by atoms with Crippen molar-refractivity contribution in [1.82, 2.24) is 19.5 Å². The van der Waals surface area contributed by atoms with E-state index in [0.29, 0.717) is 29.9 Å². The van der Waals surface area contributed by atoms with Gasteiger partial charge in [0, 0.05) is 19.6 Å².